The molecule has 1 aliphatic rings. The van der Waals surface area contributed by atoms with Gasteiger partial charge in [-0.25, -0.2) is 0 Å². The van der Waals surface area contributed by atoms with E-state index in [0.29, 0.717) is 30.1 Å². The standard InChI is InChI=1S/C27H32N2O4S2/c1-32-21-6-7-24-23(17-21)22(9-11-28-24)25(30)8-5-19-10-12-29(18-20(19)16-26(31)33-2)13-15-35-27-4-3-14-34-27/h3-4,6-7,9,11,14,17,19-20H,5,8,10,12-13,15-16,18H2,1-2H3/t19-,20+/m1/s1. The van der Waals surface area contributed by atoms with Gasteiger partial charge in [-0.2, -0.15) is 0 Å². The van der Waals surface area contributed by atoms with Crippen LogP contribution >= 0.6 is 23.1 Å². The summed E-state index contributed by atoms with van der Waals surface area (Å²) in [4.78, 5) is 32.2. The van der Waals surface area contributed by atoms with E-state index in [-0.39, 0.29) is 17.7 Å². The first kappa shape index (κ1) is 25.7. The van der Waals surface area contributed by atoms with Crippen LogP contribution in [0.1, 0.15) is 36.0 Å². The molecule has 1 fully saturated rings. The van der Waals surface area contributed by atoms with E-state index in [0.717, 1.165) is 49.1 Å². The predicted octanol–water partition coefficient (Wildman–Crippen LogP) is 5.56. The number of thioether (sulfide) groups is 1. The van der Waals surface area contributed by atoms with E-state index in [2.05, 4.69) is 27.4 Å². The molecular weight excluding hydrogens is 480 g/mol. The van der Waals surface area contributed by atoms with Crippen molar-refractivity contribution in [2.24, 2.45) is 11.8 Å². The van der Waals surface area contributed by atoms with Crippen LogP contribution in [-0.2, 0) is 9.53 Å². The van der Waals surface area contributed by atoms with Gasteiger partial charge < -0.3 is 14.4 Å². The average molecular weight is 513 g/mol. The molecule has 2 atom stereocenters. The minimum Gasteiger partial charge on any atom is -0.497 e. The lowest BCUT2D eigenvalue weighted by Gasteiger charge is -2.38. The van der Waals surface area contributed by atoms with Crippen molar-refractivity contribution in [1.82, 2.24) is 9.88 Å². The first-order valence-corrected chi connectivity index (χ1v) is 13.9. The zero-order valence-electron chi connectivity index (χ0n) is 20.3. The van der Waals surface area contributed by atoms with Gasteiger partial charge in [0.1, 0.15) is 5.75 Å². The molecule has 35 heavy (non-hydrogen) atoms. The van der Waals surface area contributed by atoms with Crippen LogP contribution in [0.4, 0.5) is 0 Å². The number of pyridine rings is 1. The molecule has 1 aromatic carbocycles. The van der Waals surface area contributed by atoms with Crippen LogP contribution in [-0.4, -0.2) is 61.2 Å². The number of benzene rings is 1. The fraction of sp³-hybridized carbons (Fsp3) is 0.444. The largest absolute Gasteiger partial charge is 0.497 e. The molecule has 186 valence electrons. The third kappa shape index (κ3) is 6.84. The normalized spacial score (nSPS) is 18.5. The van der Waals surface area contributed by atoms with Crippen molar-refractivity contribution < 1.29 is 19.1 Å². The molecule has 0 unspecified atom stereocenters. The number of ketones is 1. The van der Waals surface area contributed by atoms with Crippen molar-refractivity contribution in [1.29, 1.82) is 0 Å². The van der Waals surface area contributed by atoms with Gasteiger partial charge in [-0.3, -0.25) is 14.6 Å². The van der Waals surface area contributed by atoms with Crippen LogP contribution in [0.2, 0.25) is 0 Å². The van der Waals surface area contributed by atoms with Crippen molar-refractivity contribution in [2.45, 2.75) is 29.9 Å². The summed E-state index contributed by atoms with van der Waals surface area (Å²) in [5, 5.41) is 2.92. The van der Waals surface area contributed by atoms with E-state index in [9.17, 15) is 9.59 Å². The number of hydrogen-bond donors (Lipinski definition) is 0. The Morgan fingerprint density at radius 2 is 2.09 bits per heavy atom. The smallest absolute Gasteiger partial charge is 0.305 e. The summed E-state index contributed by atoms with van der Waals surface area (Å²) < 4.78 is 11.7. The van der Waals surface area contributed by atoms with E-state index >= 15 is 0 Å². The summed E-state index contributed by atoms with van der Waals surface area (Å²) in [6.45, 7) is 2.86. The molecule has 1 aliphatic heterocycles. The van der Waals surface area contributed by atoms with Crippen LogP contribution in [0.5, 0.6) is 5.75 Å². The number of fused-ring (bicyclic) bond motifs is 1. The molecule has 6 nitrogen and oxygen atoms in total. The maximum atomic E-state index is 13.2. The summed E-state index contributed by atoms with van der Waals surface area (Å²) in [6.07, 6.45) is 4.30. The monoisotopic (exact) mass is 512 g/mol. The second kappa shape index (κ2) is 12.5. The van der Waals surface area contributed by atoms with E-state index in [1.807, 2.05) is 30.0 Å². The summed E-state index contributed by atoms with van der Waals surface area (Å²) in [6, 6.07) is 11.6. The van der Waals surface area contributed by atoms with Crippen LogP contribution in [0, 0.1) is 11.8 Å². The fourth-order valence-corrected chi connectivity index (χ4v) is 6.70. The fourth-order valence-electron chi connectivity index (χ4n) is 4.84. The van der Waals surface area contributed by atoms with Crippen LogP contribution in [0.15, 0.2) is 52.2 Å². The number of likely N-dealkylation sites (tertiary alicyclic amines) is 1. The molecule has 0 amide bonds. The number of thiophene rings is 1. The number of piperidine rings is 1. The number of Topliss-reactive ketones (excluding diaryl/α,β-unsaturated/α-hetero) is 1. The lowest BCUT2D eigenvalue weighted by Crippen LogP contribution is -2.42. The Bertz CT molecular complexity index is 1140. The summed E-state index contributed by atoms with van der Waals surface area (Å²) in [5.41, 5.74) is 1.47. The topological polar surface area (TPSA) is 68.7 Å². The van der Waals surface area contributed by atoms with Gasteiger partial charge in [0.25, 0.3) is 0 Å². The molecule has 0 N–H and O–H groups in total. The quantitative estimate of drug-likeness (QED) is 0.189. The van der Waals surface area contributed by atoms with E-state index in [1.165, 1.54) is 11.3 Å². The maximum Gasteiger partial charge on any atom is 0.305 e. The molecule has 0 saturated carbocycles. The predicted molar refractivity (Wildman–Crippen MR) is 142 cm³/mol. The number of carbonyl (C=O) groups is 2. The van der Waals surface area contributed by atoms with Gasteiger partial charge in [0.05, 0.1) is 23.9 Å². The van der Waals surface area contributed by atoms with Crippen molar-refractivity contribution in [3.8, 4) is 5.75 Å². The van der Waals surface area contributed by atoms with Gasteiger partial charge >= 0.3 is 5.97 Å². The van der Waals surface area contributed by atoms with Gasteiger partial charge in [0.2, 0.25) is 0 Å². The molecule has 4 rings (SSSR count). The number of rotatable bonds is 11. The second-order valence-corrected chi connectivity index (χ2v) is 11.2. The Labute approximate surface area is 215 Å². The van der Waals surface area contributed by atoms with Gasteiger partial charge in [0, 0.05) is 48.8 Å². The Balaban J connectivity index is 1.37. The number of ether oxygens (including phenoxy) is 2. The van der Waals surface area contributed by atoms with Crippen LogP contribution in [0.25, 0.3) is 10.9 Å². The molecule has 3 heterocycles. The SMILES string of the molecule is COC(=O)C[C@H]1CN(CCSc2cccs2)CC[C@H]1CCC(=O)c1ccnc2ccc(OC)cc12. The van der Waals surface area contributed by atoms with Gasteiger partial charge in [-0.1, -0.05) is 6.07 Å². The first-order chi connectivity index (χ1) is 17.1. The van der Waals surface area contributed by atoms with Crippen molar-refractivity contribution >= 4 is 45.8 Å². The highest BCUT2D eigenvalue weighted by Crippen LogP contribution is 2.32. The summed E-state index contributed by atoms with van der Waals surface area (Å²) in [5.74, 6) is 2.20. The van der Waals surface area contributed by atoms with Crippen molar-refractivity contribution in [2.75, 3.05) is 39.6 Å². The molecule has 1 saturated heterocycles. The molecule has 0 bridgehead atoms. The minimum absolute atomic E-state index is 0.109. The number of aromatic nitrogens is 1. The third-order valence-electron chi connectivity index (χ3n) is 6.77. The third-order valence-corrected chi connectivity index (χ3v) is 8.88. The highest BCUT2D eigenvalue weighted by molar-refractivity contribution is 8.01. The molecule has 2 aromatic heterocycles. The summed E-state index contributed by atoms with van der Waals surface area (Å²) >= 11 is 3.66. The molecule has 0 spiro atoms. The van der Waals surface area contributed by atoms with E-state index in [1.54, 1.807) is 30.7 Å². The lowest BCUT2D eigenvalue weighted by atomic mass is 9.79. The molecule has 8 heteroatoms. The highest BCUT2D eigenvalue weighted by atomic mass is 32.2. The molecule has 0 aliphatic carbocycles. The number of esters is 1. The number of nitrogens with zero attached hydrogens (tertiary/aromatic N) is 2. The molecule has 0 radical (unpaired) electrons. The number of hydrogen-bond acceptors (Lipinski definition) is 8. The lowest BCUT2D eigenvalue weighted by molar-refractivity contribution is -0.142. The average Bonchev–Trinajstić information content (AvgIpc) is 3.40. The van der Waals surface area contributed by atoms with Crippen LogP contribution < -0.4 is 4.74 Å². The Hall–Kier alpha value is -2.42. The van der Waals surface area contributed by atoms with Gasteiger partial charge in [-0.15, -0.1) is 23.1 Å². The number of carbonyl (C=O) groups excluding carboxylic acids is 2. The summed E-state index contributed by atoms with van der Waals surface area (Å²) in [7, 11) is 3.07. The zero-order chi connectivity index (χ0) is 24.6. The highest BCUT2D eigenvalue weighted by Gasteiger charge is 2.31. The molecule has 3 aromatic rings. The Kier molecular flexibility index (Phi) is 9.18. The Morgan fingerprint density at radius 3 is 2.86 bits per heavy atom. The first-order valence-electron chi connectivity index (χ1n) is 12.0. The minimum atomic E-state index is -0.173. The molecular formula is C27H32N2O4S2. The maximum absolute atomic E-state index is 13.2. The van der Waals surface area contributed by atoms with E-state index < -0.39 is 0 Å². The van der Waals surface area contributed by atoms with Crippen molar-refractivity contribution in [3.63, 3.8) is 0 Å². The zero-order valence-corrected chi connectivity index (χ0v) is 21.9. The van der Waals surface area contributed by atoms with Crippen LogP contribution in [0.3, 0.4) is 0 Å². The van der Waals surface area contributed by atoms with Gasteiger partial charge in [0.15, 0.2) is 5.78 Å². The Morgan fingerprint density at radius 1 is 1.20 bits per heavy atom. The van der Waals surface area contributed by atoms with Crippen molar-refractivity contribution in [3.05, 3.63) is 53.5 Å². The number of methoxy groups -OCH3 is 2. The van der Waals surface area contributed by atoms with E-state index in [4.69, 9.17) is 9.47 Å². The van der Waals surface area contributed by atoms with Gasteiger partial charge in [-0.05, 0) is 66.9 Å². The second-order valence-electron chi connectivity index (χ2n) is 8.87.